The molecule has 2 aromatic carbocycles. The fraction of sp³-hybridized carbons (Fsp3) is 0.444. The Balaban J connectivity index is 1.75. The first-order valence-electron chi connectivity index (χ1n) is 7.76. The van der Waals surface area contributed by atoms with Crippen LogP contribution in [-0.2, 0) is 11.2 Å². The minimum absolute atomic E-state index is 0.0855. The average molecular weight is 285 g/mol. The molecular formula is C18H23NO2. The summed E-state index contributed by atoms with van der Waals surface area (Å²) in [5.74, 6) is 0. The van der Waals surface area contributed by atoms with Gasteiger partial charge in [0.05, 0.1) is 18.8 Å². The van der Waals surface area contributed by atoms with Crippen LogP contribution in [0.15, 0.2) is 42.5 Å². The molecule has 3 heteroatoms. The van der Waals surface area contributed by atoms with Gasteiger partial charge in [0.15, 0.2) is 0 Å². The number of fused-ring (bicyclic) bond motifs is 1. The van der Waals surface area contributed by atoms with Crippen LogP contribution in [0.4, 0.5) is 0 Å². The lowest BCUT2D eigenvalue weighted by Gasteiger charge is -2.34. The Kier molecular flexibility index (Phi) is 4.54. The summed E-state index contributed by atoms with van der Waals surface area (Å²) in [6.07, 6.45) is 0.103. The monoisotopic (exact) mass is 285 g/mol. The standard InChI is InChI=1S/C18H23NO2/c1-2-19-10-11-21-18(13-19)17(20)12-15-8-5-7-14-6-3-4-9-16(14)15/h3-9,17-18,20H,2,10-13H2,1H3. The lowest BCUT2D eigenvalue weighted by molar-refractivity contribution is -0.0866. The molecule has 0 radical (unpaired) electrons. The molecule has 3 nitrogen and oxygen atoms in total. The Labute approximate surface area is 126 Å². The number of hydrogen-bond donors (Lipinski definition) is 1. The second-order valence-corrected chi connectivity index (χ2v) is 5.71. The van der Waals surface area contributed by atoms with E-state index in [4.69, 9.17) is 4.74 Å². The third-order valence-electron chi connectivity index (χ3n) is 4.36. The summed E-state index contributed by atoms with van der Waals surface area (Å²) >= 11 is 0. The molecule has 0 bridgehead atoms. The van der Waals surface area contributed by atoms with Crippen LogP contribution in [0.25, 0.3) is 10.8 Å². The van der Waals surface area contributed by atoms with Crippen molar-refractivity contribution in [2.24, 2.45) is 0 Å². The molecule has 1 aliphatic rings. The first-order valence-corrected chi connectivity index (χ1v) is 7.76. The second-order valence-electron chi connectivity index (χ2n) is 5.71. The highest BCUT2D eigenvalue weighted by Gasteiger charge is 2.26. The Morgan fingerprint density at radius 1 is 1.24 bits per heavy atom. The largest absolute Gasteiger partial charge is 0.390 e. The molecule has 3 rings (SSSR count). The molecule has 2 atom stereocenters. The van der Waals surface area contributed by atoms with Crippen molar-refractivity contribution in [1.29, 1.82) is 0 Å². The highest BCUT2D eigenvalue weighted by atomic mass is 16.5. The summed E-state index contributed by atoms with van der Waals surface area (Å²) in [5, 5.41) is 13.0. The van der Waals surface area contributed by atoms with Crippen molar-refractivity contribution in [3.8, 4) is 0 Å². The van der Waals surface area contributed by atoms with Crippen LogP contribution in [-0.4, -0.2) is 48.5 Å². The van der Waals surface area contributed by atoms with Gasteiger partial charge in [-0.15, -0.1) is 0 Å². The number of aliphatic hydroxyl groups is 1. The van der Waals surface area contributed by atoms with Crippen LogP contribution in [0.2, 0.25) is 0 Å². The number of rotatable bonds is 4. The van der Waals surface area contributed by atoms with Gasteiger partial charge in [-0.3, -0.25) is 4.90 Å². The molecule has 0 aliphatic carbocycles. The first-order chi connectivity index (χ1) is 10.3. The summed E-state index contributed by atoms with van der Waals surface area (Å²) in [6, 6.07) is 14.6. The molecule has 1 aliphatic heterocycles. The summed E-state index contributed by atoms with van der Waals surface area (Å²) < 4.78 is 5.76. The zero-order valence-corrected chi connectivity index (χ0v) is 12.5. The van der Waals surface area contributed by atoms with Crippen LogP contribution < -0.4 is 0 Å². The Morgan fingerprint density at radius 3 is 2.90 bits per heavy atom. The molecule has 112 valence electrons. The van der Waals surface area contributed by atoms with Gasteiger partial charge in [-0.1, -0.05) is 49.4 Å². The van der Waals surface area contributed by atoms with Crippen molar-refractivity contribution in [3.63, 3.8) is 0 Å². The van der Waals surface area contributed by atoms with Crippen molar-refractivity contribution in [2.75, 3.05) is 26.2 Å². The van der Waals surface area contributed by atoms with E-state index in [1.807, 2.05) is 12.1 Å². The molecule has 1 saturated heterocycles. The van der Waals surface area contributed by atoms with Gasteiger partial charge in [0.1, 0.15) is 0 Å². The molecule has 2 aromatic rings. The number of nitrogens with zero attached hydrogens (tertiary/aromatic N) is 1. The van der Waals surface area contributed by atoms with E-state index in [0.717, 1.165) is 19.6 Å². The molecule has 0 aromatic heterocycles. The number of likely N-dealkylation sites (N-methyl/N-ethyl adjacent to an activating group) is 1. The average Bonchev–Trinajstić information content (AvgIpc) is 2.55. The van der Waals surface area contributed by atoms with E-state index in [2.05, 4.69) is 42.2 Å². The first kappa shape index (κ1) is 14.5. The van der Waals surface area contributed by atoms with Gasteiger partial charge in [0, 0.05) is 19.5 Å². The molecule has 1 N–H and O–H groups in total. The summed E-state index contributed by atoms with van der Waals surface area (Å²) in [4.78, 5) is 2.33. The molecule has 0 spiro atoms. The maximum absolute atomic E-state index is 10.5. The van der Waals surface area contributed by atoms with Crippen molar-refractivity contribution in [3.05, 3.63) is 48.0 Å². The number of hydrogen-bond acceptors (Lipinski definition) is 3. The smallest absolute Gasteiger partial charge is 0.0964 e. The van der Waals surface area contributed by atoms with Crippen LogP contribution in [0, 0.1) is 0 Å². The number of aliphatic hydroxyl groups excluding tert-OH is 1. The van der Waals surface area contributed by atoms with Crippen LogP contribution in [0.1, 0.15) is 12.5 Å². The van der Waals surface area contributed by atoms with E-state index in [-0.39, 0.29) is 6.10 Å². The predicted molar refractivity (Wildman–Crippen MR) is 85.5 cm³/mol. The number of morpholine rings is 1. The Morgan fingerprint density at radius 2 is 2.05 bits per heavy atom. The number of ether oxygens (including phenoxy) is 1. The second kappa shape index (κ2) is 6.56. The lowest BCUT2D eigenvalue weighted by Crippen LogP contribution is -2.48. The highest BCUT2D eigenvalue weighted by Crippen LogP contribution is 2.21. The highest BCUT2D eigenvalue weighted by molar-refractivity contribution is 5.85. The quantitative estimate of drug-likeness (QED) is 0.936. The van der Waals surface area contributed by atoms with E-state index >= 15 is 0 Å². The van der Waals surface area contributed by atoms with E-state index in [1.54, 1.807) is 0 Å². The van der Waals surface area contributed by atoms with Gasteiger partial charge in [0.2, 0.25) is 0 Å². The molecule has 0 amide bonds. The normalized spacial score (nSPS) is 21.5. The topological polar surface area (TPSA) is 32.7 Å². The minimum Gasteiger partial charge on any atom is -0.390 e. The van der Waals surface area contributed by atoms with Crippen LogP contribution >= 0.6 is 0 Å². The third kappa shape index (κ3) is 3.26. The predicted octanol–water partition coefficient (Wildman–Crippen LogP) is 2.46. The fourth-order valence-electron chi connectivity index (χ4n) is 3.08. The third-order valence-corrected chi connectivity index (χ3v) is 4.36. The minimum atomic E-state index is -0.454. The van der Waals surface area contributed by atoms with Crippen molar-refractivity contribution in [2.45, 2.75) is 25.6 Å². The van der Waals surface area contributed by atoms with Crippen molar-refractivity contribution >= 4 is 10.8 Å². The SMILES string of the molecule is CCN1CCOC(C(O)Cc2cccc3ccccc23)C1. The van der Waals surface area contributed by atoms with Crippen LogP contribution in [0.3, 0.4) is 0 Å². The molecule has 1 fully saturated rings. The van der Waals surface area contributed by atoms with Crippen LogP contribution in [0.5, 0.6) is 0 Å². The maximum atomic E-state index is 10.5. The maximum Gasteiger partial charge on any atom is 0.0964 e. The summed E-state index contributed by atoms with van der Waals surface area (Å²) in [6.45, 7) is 5.67. The number of benzene rings is 2. The molecule has 21 heavy (non-hydrogen) atoms. The Bertz CT molecular complexity index is 593. The van der Waals surface area contributed by atoms with Gasteiger partial charge in [-0.05, 0) is 22.9 Å². The van der Waals surface area contributed by atoms with Crippen molar-refractivity contribution in [1.82, 2.24) is 4.90 Å². The fourth-order valence-corrected chi connectivity index (χ4v) is 3.08. The zero-order valence-electron chi connectivity index (χ0n) is 12.5. The Hall–Kier alpha value is -1.42. The van der Waals surface area contributed by atoms with E-state index < -0.39 is 6.10 Å². The molecule has 2 unspecified atom stereocenters. The molecule has 1 heterocycles. The van der Waals surface area contributed by atoms with Gasteiger partial charge < -0.3 is 9.84 Å². The van der Waals surface area contributed by atoms with E-state index in [0.29, 0.717) is 13.0 Å². The summed E-state index contributed by atoms with van der Waals surface area (Å²) in [5.41, 5.74) is 1.19. The lowest BCUT2D eigenvalue weighted by atomic mass is 9.97. The van der Waals surface area contributed by atoms with Gasteiger partial charge in [0.25, 0.3) is 0 Å². The molecule has 0 saturated carbocycles. The summed E-state index contributed by atoms with van der Waals surface area (Å²) in [7, 11) is 0. The van der Waals surface area contributed by atoms with Crippen molar-refractivity contribution < 1.29 is 9.84 Å². The van der Waals surface area contributed by atoms with E-state index in [1.165, 1.54) is 16.3 Å². The molecular weight excluding hydrogens is 262 g/mol. The van der Waals surface area contributed by atoms with Gasteiger partial charge in [-0.25, -0.2) is 0 Å². The zero-order chi connectivity index (χ0) is 14.7. The van der Waals surface area contributed by atoms with Gasteiger partial charge >= 0.3 is 0 Å². The van der Waals surface area contributed by atoms with E-state index in [9.17, 15) is 5.11 Å². The van der Waals surface area contributed by atoms with Gasteiger partial charge in [-0.2, -0.15) is 0 Å².